The SMILES string of the molecule is CN(C)C(=O)COC(=O)CN1CCC(C2CCN(C(=O)C(Cc3cc(Cl)c(N)c(C(F)(F)F)c3)OC(=O)N3CCC(N4Cc5ccccc5NC4=O)CC3)CC2)CC1. The van der Waals surface area contributed by atoms with Gasteiger partial charge in [0.2, 0.25) is 0 Å². The third kappa shape index (κ3) is 10.4. The third-order valence-corrected chi connectivity index (χ3v) is 12.1. The largest absolute Gasteiger partial charge is 0.455 e. The summed E-state index contributed by atoms with van der Waals surface area (Å²) in [5.41, 5.74) is 5.70. The molecule has 6 rings (SSSR count). The minimum absolute atomic E-state index is 0.0441. The number of hydrogen-bond donors (Lipinski definition) is 2. The molecule has 4 aliphatic rings. The molecule has 3 N–H and O–H groups in total. The second kappa shape index (κ2) is 18.4. The molecule has 58 heavy (non-hydrogen) atoms. The molecule has 1 atom stereocenters. The number of likely N-dealkylation sites (tertiary alicyclic amines) is 3. The van der Waals surface area contributed by atoms with Crippen molar-refractivity contribution in [3.63, 3.8) is 0 Å². The van der Waals surface area contributed by atoms with Gasteiger partial charge in [0.05, 0.1) is 22.8 Å². The second-order valence-electron chi connectivity index (χ2n) is 15.8. The van der Waals surface area contributed by atoms with Gasteiger partial charge in [-0.05, 0) is 92.8 Å². The maximum absolute atomic E-state index is 14.1. The Hall–Kier alpha value is -4.77. The van der Waals surface area contributed by atoms with E-state index in [0.717, 1.165) is 30.2 Å². The van der Waals surface area contributed by atoms with Crippen molar-refractivity contribution in [2.45, 2.75) is 69.8 Å². The number of nitrogens with one attached hydrogen (secondary N) is 1. The van der Waals surface area contributed by atoms with Gasteiger partial charge in [-0.15, -0.1) is 0 Å². The van der Waals surface area contributed by atoms with Crippen LogP contribution in [0.3, 0.4) is 0 Å². The number of halogens is 4. The van der Waals surface area contributed by atoms with Gasteiger partial charge in [0, 0.05) is 65.0 Å². The number of carbonyl (C=O) groups is 5. The highest BCUT2D eigenvalue weighted by atomic mass is 35.5. The summed E-state index contributed by atoms with van der Waals surface area (Å²) in [6, 6.07) is 9.30. The summed E-state index contributed by atoms with van der Waals surface area (Å²) < 4.78 is 52.6. The number of fused-ring (bicyclic) bond motifs is 1. The van der Waals surface area contributed by atoms with Crippen molar-refractivity contribution in [3.05, 3.63) is 58.1 Å². The lowest BCUT2D eigenvalue weighted by molar-refractivity contribution is -0.152. The Labute approximate surface area is 340 Å². The van der Waals surface area contributed by atoms with Gasteiger partial charge in [-0.3, -0.25) is 19.3 Å². The van der Waals surface area contributed by atoms with E-state index in [4.69, 9.17) is 26.8 Å². The van der Waals surface area contributed by atoms with Crippen molar-refractivity contribution in [2.75, 3.05) is 77.6 Å². The van der Waals surface area contributed by atoms with Crippen LogP contribution in [0.5, 0.6) is 0 Å². The van der Waals surface area contributed by atoms with E-state index in [1.165, 1.54) is 15.9 Å². The highest BCUT2D eigenvalue weighted by Crippen LogP contribution is 2.39. The quantitative estimate of drug-likeness (QED) is 0.246. The van der Waals surface area contributed by atoms with Crippen LogP contribution in [0.1, 0.15) is 55.2 Å². The Morgan fingerprint density at radius 1 is 0.931 bits per heavy atom. The molecule has 1 unspecified atom stereocenters. The van der Waals surface area contributed by atoms with E-state index in [2.05, 4.69) is 5.32 Å². The van der Waals surface area contributed by atoms with Crippen molar-refractivity contribution in [2.24, 2.45) is 11.8 Å². The van der Waals surface area contributed by atoms with Gasteiger partial charge < -0.3 is 40.1 Å². The fourth-order valence-corrected chi connectivity index (χ4v) is 8.61. The van der Waals surface area contributed by atoms with Gasteiger partial charge >= 0.3 is 24.3 Å². The molecule has 4 aliphatic heterocycles. The molecular formula is C40H51ClF3N7O7. The smallest absolute Gasteiger partial charge is 0.418 e. The summed E-state index contributed by atoms with van der Waals surface area (Å²) in [5, 5.41) is 2.60. The van der Waals surface area contributed by atoms with Crippen molar-refractivity contribution in [3.8, 4) is 0 Å². The molecule has 0 aromatic heterocycles. The van der Waals surface area contributed by atoms with E-state index >= 15 is 0 Å². The number of benzene rings is 2. The Balaban J connectivity index is 1.06. The zero-order valence-corrected chi connectivity index (χ0v) is 33.5. The first-order valence-electron chi connectivity index (χ1n) is 19.7. The number of hydrogen-bond acceptors (Lipinski definition) is 9. The monoisotopic (exact) mass is 833 g/mol. The van der Waals surface area contributed by atoms with Crippen molar-refractivity contribution >= 4 is 52.9 Å². The van der Waals surface area contributed by atoms with Gasteiger partial charge in [0.1, 0.15) is 0 Å². The Kier molecular flexibility index (Phi) is 13.6. The van der Waals surface area contributed by atoms with Crippen molar-refractivity contribution < 1.29 is 46.6 Å². The first kappa shape index (κ1) is 42.8. The van der Waals surface area contributed by atoms with Gasteiger partial charge in [0.15, 0.2) is 12.7 Å². The van der Waals surface area contributed by atoms with Crippen LogP contribution in [-0.2, 0) is 43.0 Å². The topological polar surface area (TPSA) is 158 Å². The maximum atomic E-state index is 14.1. The molecule has 4 heterocycles. The number of carbonyl (C=O) groups excluding carboxylic acids is 5. The number of likely N-dealkylation sites (N-methyl/N-ethyl adjacent to an activating group) is 1. The number of rotatable bonds is 10. The molecule has 0 radical (unpaired) electrons. The molecule has 0 spiro atoms. The lowest BCUT2D eigenvalue weighted by Crippen LogP contribution is -2.52. The van der Waals surface area contributed by atoms with Crippen LogP contribution in [-0.4, -0.2) is 133 Å². The molecule has 0 saturated carbocycles. The van der Waals surface area contributed by atoms with Gasteiger partial charge in [0.25, 0.3) is 11.8 Å². The number of piperidine rings is 3. The predicted octanol–water partition coefficient (Wildman–Crippen LogP) is 5.08. The number of ether oxygens (including phenoxy) is 2. The van der Waals surface area contributed by atoms with Crippen LogP contribution in [0.15, 0.2) is 36.4 Å². The number of urea groups is 1. The van der Waals surface area contributed by atoms with E-state index in [0.29, 0.717) is 70.2 Å². The highest BCUT2D eigenvalue weighted by molar-refractivity contribution is 6.33. The average Bonchev–Trinajstić information content (AvgIpc) is 3.20. The molecule has 3 saturated heterocycles. The van der Waals surface area contributed by atoms with E-state index in [9.17, 15) is 37.1 Å². The molecular weight excluding hydrogens is 783 g/mol. The molecule has 5 amide bonds. The zero-order chi connectivity index (χ0) is 41.7. The number of nitrogens with zero attached hydrogens (tertiary/aromatic N) is 5. The summed E-state index contributed by atoms with van der Waals surface area (Å²) in [6.07, 6.45) is -3.30. The lowest BCUT2D eigenvalue weighted by Gasteiger charge is -2.41. The number of anilines is 2. The first-order valence-corrected chi connectivity index (χ1v) is 20.1. The molecule has 0 aliphatic carbocycles. The van der Waals surface area contributed by atoms with Gasteiger partial charge in [-0.25, -0.2) is 9.59 Å². The van der Waals surface area contributed by atoms with E-state index in [1.807, 2.05) is 29.2 Å². The molecule has 18 heteroatoms. The average molecular weight is 834 g/mol. The minimum atomic E-state index is -4.80. The van der Waals surface area contributed by atoms with Crippen molar-refractivity contribution in [1.29, 1.82) is 0 Å². The van der Waals surface area contributed by atoms with Crippen LogP contribution in [0, 0.1) is 11.8 Å². The maximum Gasteiger partial charge on any atom is 0.418 e. The number of amides is 5. The Morgan fingerprint density at radius 3 is 2.19 bits per heavy atom. The lowest BCUT2D eigenvalue weighted by atomic mass is 9.78. The number of nitrogens with two attached hydrogens (primary N) is 1. The fourth-order valence-electron chi connectivity index (χ4n) is 8.37. The number of esters is 1. The Morgan fingerprint density at radius 2 is 1.55 bits per heavy atom. The zero-order valence-electron chi connectivity index (χ0n) is 32.8. The molecule has 316 valence electrons. The fraction of sp³-hybridized carbons (Fsp3) is 0.575. The summed E-state index contributed by atoms with van der Waals surface area (Å²) in [5.74, 6) is -0.555. The molecule has 14 nitrogen and oxygen atoms in total. The minimum Gasteiger partial charge on any atom is -0.455 e. The van der Waals surface area contributed by atoms with E-state index in [1.54, 1.807) is 23.9 Å². The number of para-hydroxylation sites is 1. The number of nitrogen functional groups attached to an aromatic ring is 1. The summed E-state index contributed by atoms with van der Waals surface area (Å²) in [7, 11) is 3.18. The standard InChI is InChI=1S/C40H51ClF3N7O7/c1-47(2)34(52)24-57-35(53)23-48-13-7-26(8-14-48)27-9-15-49(16-10-27)37(54)33(21-25-19-30(40(42,43)44)36(45)31(41)20-25)58-39(56)50-17-11-29(12-18-50)51-22-28-5-3-4-6-32(28)46-38(51)55/h3-6,19-20,26-27,29,33H,7-18,21-24,45H2,1-2H3,(H,46,55). The second-order valence-corrected chi connectivity index (χ2v) is 16.2. The summed E-state index contributed by atoms with van der Waals surface area (Å²) in [4.78, 5) is 72.9. The third-order valence-electron chi connectivity index (χ3n) is 11.8. The molecule has 3 fully saturated rings. The first-order chi connectivity index (χ1) is 27.6. The van der Waals surface area contributed by atoms with Crippen LogP contribution in [0.2, 0.25) is 5.02 Å². The molecule has 2 aromatic carbocycles. The summed E-state index contributed by atoms with van der Waals surface area (Å²) in [6.45, 7) is 2.90. The normalized spacial score (nSPS) is 19.3. The van der Waals surface area contributed by atoms with Gasteiger partial charge in [-0.1, -0.05) is 29.8 Å². The Bertz CT molecular complexity index is 1840. The number of alkyl halides is 3. The highest BCUT2D eigenvalue weighted by Gasteiger charge is 2.39. The van der Waals surface area contributed by atoms with Crippen LogP contribution < -0.4 is 11.1 Å². The van der Waals surface area contributed by atoms with Crippen molar-refractivity contribution in [1.82, 2.24) is 24.5 Å². The van der Waals surface area contributed by atoms with E-state index in [-0.39, 0.29) is 61.2 Å². The van der Waals surface area contributed by atoms with Gasteiger partial charge in [-0.2, -0.15) is 13.2 Å². The summed E-state index contributed by atoms with van der Waals surface area (Å²) >= 11 is 6.13. The van der Waals surface area contributed by atoms with Crippen LogP contribution in [0.25, 0.3) is 0 Å². The molecule has 0 bridgehead atoms. The van der Waals surface area contributed by atoms with Crippen LogP contribution in [0.4, 0.5) is 34.1 Å². The molecule has 2 aromatic rings. The van der Waals surface area contributed by atoms with E-state index < -0.39 is 41.5 Å². The predicted molar refractivity (Wildman–Crippen MR) is 209 cm³/mol. The van der Waals surface area contributed by atoms with Crippen LogP contribution >= 0.6 is 11.6 Å².